The molecule has 2 aromatic carbocycles. The molecule has 3 N–H and O–H groups in total. The summed E-state index contributed by atoms with van der Waals surface area (Å²) in [6.07, 6.45) is -0.171. The monoisotopic (exact) mass is 285 g/mol. The van der Waals surface area contributed by atoms with Crippen LogP contribution in [-0.4, -0.2) is 22.1 Å². The summed E-state index contributed by atoms with van der Waals surface area (Å²) < 4.78 is 0. The number of hydrogen-bond donors (Lipinski definition) is 3. The molecule has 0 saturated heterocycles. The van der Waals surface area contributed by atoms with Crippen molar-refractivity contribution < 1.29 is 19.8 Å². The first kappa shape index (κ1) is 14.6. The van der Waals surface area contributed by atoms with E-state index in [-0.39, 0.29) is 18.1 Å². The molecule has 2 aromatic rings. The predicted octanol–water partition coefficient (Wildman–Crippen LogP) is 2.58. The van der Waals surface area contributed by atoms with Crippen LogP contribution in [0.1, 0.15) is 21.5 Å². The van der Waals surface area contributed by atoms with Crippen molar-refractivity contribution in [1.29, 1.82) is 0 Å². The second-order valence-corrected chi connectivity index (χ2v) is 4.63. The normalized spacial score (nSPS) is 10.1. The minimum absolute atomic E-state index is 0.0430. The molecule has 0 fully saturated rings. The molecule has 0 aliphatic rings. The summed E-state index contributed by atoms with van der Waals surface area (Å²) >= 11 is 0. The number of aliphatic carboxylic acids is 1. The molecule has 0 aromatic heterocycles. The molecule has 21 heavy (non-hydrogen) atoms. The maximum absolute atomic E-state index is 12.3. The lowest BCUT2D eigenvalue weighted by Crippen LogP contribution is -2.15. The second-order valence-electron chi connectivity index (χ2n) is 4.63. The van der Waals surface area contributed by atoms with E-state index in [9.17, 15) is 14.7 Å². The number of benzene rings is 2. The first-order valence-electron chi connectivity index (χ1n) is 6.38. The third-order valence-electron chi connectivity index (χ3n) is 3.16. The van der Waals surface area contributed by atoms with Crippen LogP contribution in [0.2, 0.25) is 0 Å². The van der Waals surface area contributed by atoms with Crippen LogP contribution < -0.4 is 5.32 Å². The average molecular weight is 285 g/mol. The Balaban J connectivity index is 2.28. The number of phenolic OH excluding ortho intramolecular Hbond substituents is 1. The fourth-order valence-electron chi connectivity index (χ4n) is 2.02. The first-order chi connectivity index (χ1) is 9.99. The van der Waals surface area contributed by atoms with Crippen molar-refractivity contribution in [1.82, 2.24) is 0 Å². The van der Waals surface area contributed by atoms with E-state index in [1.165, 1.54) is 6.07 Å². The average Bonchev–Trinajstić information content (AvgIpc) is 2.43. The van der Waals surface area contributed by atoms with E-state index in [1.54, 1.807) is 43.3 Å². The molecule has 0 heterocycles. The van der Waals surface area contributed by atoms with Crippen LogP contribution in [0.3, 0.4) is 0 Å². The summed E-state index contributed by atoms with van der Waals surface area (Å²) in [4.78, 5) is 23.1. The number of carboxylic acid groups (broad SMARTS) is 1. The van der Waals surface area contributed by atoms with Crippen LogP contribution >= 0.6 is 0 Å². The Kier molecular flexibility index (Phi) is 4.23. The van der Waals surface area contributed by atoms with Gasteiger partial charge >= 0.3 is 5.97 Å². The highest BCUT2D eigenvalue weighted by molar-refractivity contribution is 6.06. The van der Waals surface area contributed by atoms with Crippen LogP contribution in [0.5, 0.6) is 5.75 Å². The van der Waals surface area contributed by atoms with E-state index >= 15 is 0 Å². The van der Waals surface area contributed by atoms with Crippen LogP contribution in [0.4, 0.5) is 5.69 Å². The van der Waals surface area contributed by atoms with Crippen molar-refractivity contribution in [2.24, 2.45) is 0 Å². The highest BCUT2D eigenvalue weighted by atomic mass is 16.4. The summed E-state index contributed by atoms with van der Waals surface area (Å²) in [6.45, 7) is 1.65. The van der Waals surface area contributed by atoms with Crippen molar-refractivity contribution in [3.05, 3.63) is 59.2 Å². The Hall–Kier alpha value is -2.82. The summed E-state index contributed by atoms with van der Waals surface area (Å²) in [5, 5.41) is 21.2. The van der Waals surface area contributed by atoms with Crippen molar-refractivity contribution in [3.63, 3.8) is 0 Å². The molecule has 108 valence electrons. The van der Waals surface area contributed by atoms with Gasteiger partial charge in [0, 0.05) is 16.8 Å². The maximum atomic E-state index is 12.3. The molecule has 0 unspecified atom stereocenters. The molecule has 0 spiro atoms. The van der Waals surface area contributed by atoms with Gasteiger partial charge in [-0.1, -0.05) is 24.3 Å². The van der Waals surface area contributed by atoms with Crippen LogP contribution in [0.15, 0.2) is 42.5 Å². The number of hydrogen-bond acceptors (Lipinski definition) is 3. The number of nitrogens with one attached hydrogen (secondary N) is 1. The fourth-order valence-corrected chi connectivity index (χ4v) is 2.02. The minimum Gasteiger partial charge on any atom is -0.508 e. The zero-order valence-corrected chi connectivity index (χ0v) is 11.5. The van der Waals surface area contributed by atoms with E-state index in [0.717, 1.165) is 0 Å². The minimum atomic E-state index is -0.967. The lowest BCUT2D eigenvalue weighted by Gasteiger charge is -2.11. The Bertz CT molecular complexity index is 694. The van der Waals surface area contributed by atoms with Gasteiger partial charge in [-0.05, 0) is 30.7 Å². The van der Waals surface area contributed by atoms with Gasteiger partial charge in [-0.25, -0.2) is 0 Å². The molecule has 1 amide bonds. The van der Waals surface area contributed by atoms with E-state index in [2.05, 4.69) is 5.32 Å². The van der Waals surface area contributed by atoms with Gasteiger partial charge in [0.15, 0.2) is 0 Å². The molecule has 5 heteroatoms. The van der Waals surface area contributed by atoms with Gasteiger partial charge < -0.3 is 15.5 Å². The smallest absolute Gasteiger partial charge is 0.307 e. The van der Waals surface area contributed by atoms with E-state index < -0.39 is 5.97 Å². The number of carbonyl (C=O) groups is 2. The molecular weight excluding hydrogens is 270 g/mol. The Morgan fingerprint density at radius 3 is 2.52 bits per heavy atom. The summed E-state index contributed by atoms with van der Waals surface area (Å²) in [5.74, 6) is -1.31. The number of amides is 1. The van der Waals surface area contributed by atoms with E-state index in [0.29, 0.717) is 22.4 Å². The van der Waals surface area contributed by atoms with Gasteiger partial charge in [0.25, 0.3) is 5.91 Å². The molecule has 0 radical (unpaired) electrons. The molecule has 0 aliphatic heterocycles. The second kappa shape index (κ2) is 6.09. The Labute approximate surface area is 121 Å². The third-order valence-corrected chi connectivity index (χ3v) is 3.16. The van der Waals surface area contributed by atoms with Crippen LogP contribution in [-0.2, 0) is 11.2 Å². The summed E-state index contributed by atoms with van der Waals surface area (Å²) in [7, 11) is 0. The van der Waals surface area contributed by atoms with Gasteiger partial charge in [0.2, 0.25) is 0 Å². The predicted molar refractivity (Wildman–Crippen MR) is 78.6 cm³/mol. The number of phenols is 1. The van der Waals surface area contributed by atoms with Crippen LogP contribution in [0.25, 0.3) is 0 Å². The third kappa shape index (κ3) is 3.39. The van der Waals surface area contributed by atoms with Gasteiger partial charge in [-0.3, -0.25) is 9.59 Å². The number of aromatic hydroxyl groups is 1. The standard InChI is InChI=1S/C16H15NO4/c1-10-12(6-4-8-14(10)18)16(21)17-13-7-3-2-5-11(13)9-15(19)20/h2-8,18H,9H2,1H3,(H,17,21)(H,19,20). The van der Waals surface area contributed by atoms with E-state index in [4.69, 9.17) is 5.11 Å². The zero-order valence-electron chi connectivity index (χ0n) is 11.5. The van der Waals surface area contributed by atoms with Gasteiger partial charge in [-0.15, -0.1) is 0 Å². The number of anilines is 1. The Morgan fingerprint density at radius 2 is 1.81 bits per heavy atom. The molecular formula is C16H15NO4. The molecule has 0 saturated carbocycles. The lowest BCUT2D eigenvalue weighted by molar-refractivity contribution is -0.136. The quantitative estimate of drug-likeness (QED) is 0.805. The van der Waals surface area contributed by atoms with Gasteiger partial charge in [0.05, 0.1) is 6.42 Å². The number of para-hydroxylation sites is 1. The fraction of sp³-hybridized carbons (Fsp3) is 0.125. The largest absolute Gasteiger partial charge is 0.508 e. The van der Waals surface area contributed by atoms with Crippen molar-refractivity contribution in [2.45, 2.75) is 13.3 Å². The Morgan fingerprint density at radius 1 is 1.10 bits per heavy atom. The topological polar surface area (TPSA) is 86.6 Å². The highest BCUT2D eigenvalue weighted by Crippen LogP contribution is 2.22. The molecule has 0 aliphatic carbocycles. The molecule has 5 nitrogen and oxygen atoms in total. The summed E-state index contributed by atoms with van der Waals surface area (Å²) in [5.41, 5.74) is 1.80. The molecule has 0 atom stereocenters. The van der Waals surface area contributed by atoms with Crippen LogP contribution in [0, 0.1) is 6.92 Å². The SMILES string of the molecule is Cc1c(O)cccc1C(=O)Nc1ccccc1CC(=O)O. The lowest BCUT2D eigenvalue weighted by atomic mass is 10.1. The van der Waals surface area contributed by atoms with Gasteiger partial charge in [0.1, 0.15) is 5.75 Å². The van der Waals surface area contributed by atoms with Crippen molar-refractivity contribution >= 4 is 17.6 Å². The molecule has 2 rings (SSSR count). The summed E-state index contributed by atoms with van der Waals surface area (Å²) in [6, 6.07) is 11.4. The highest BCUT2D eigenvalue weighted by Gasteiger charge is 2.14. The number of rotatable bonds is 4. The van der Waals surface area contributed by atoms with Crippen molar-refractivity contribution in [2.75, 3.05) is 5.32 Å². The number of carbonyl (C=O) groups excluding carboxylic acids is 1. The molecule has 0 bridgehead atoms. The number of carboxylic acids is 1. The van der Waals surface area contributed by atoms with Crippen molar-refractivity contribution in [3.8, 4) is 5.75 Å². The van der Waals surface area contributed by atoms with Gasteiger partial charge in [-0.2, -0.15) is 0 Å². The zero-order chi connectivity index (χ0) is 15.4. The maximum Gasteiger partial charge on any atom is 0.307 e. The first-order valence-corrected chi connectivity index (χ1v) is 6.38. The van der Waals surface area contributed by atoms with E-state index in [1.807, 2.05) is 0 Å².